The van der Waals surface area contributed by atoms with Crippen molar-refractivity contribution < 1.29 is 75.2 Å². The van der Waals surface area contributed by atoms with Gasteiger partial charge < -0.3 is 86.0 Å². The van der Waals surface area contributed by atoms with Crippen molar-refractivity contribution in [3.63, 3.8) is 0 Å². The Kier molecular flexibility index (Phi) is 42.9. The molecule has 8 heterocycles. The minimum Gasteiger partial charge on any atom is -1.00 e. The molecule has 8 rings (SSSR count). The summed E-state index contributed by atoms with van der Waals surface area (Å²) in [4.78, 5) is 32.5. The van der Waals surface area contributed by atoms with Crippen LogP contribution in [0, 0.1) is 0 Å². The first-order chi connectivity index (χ1) is 28.6. The summed E-state index contributed by atoms with van der Waals surface area (Å²) in [6, 6.07) is 44.8. The Morgan fingerprint density at radius 2 is 0.365 bits per heavy atom. The van der Waals surface area contributed by atoms with Crippen molar-refractivity contribution in [3.05, 3.63) is 216 Å². The number of hydrogen-bond donors (Lipinski definition) is 0. The minimum atomic E-state index is 0. The van der Waals surface area contributed by atoms with E-state index >= 15 is 0 Å². The number of alkyl halides is 4. The molecule has 0 aliphatic carbocycles. The first-order valence-electron chi connectivity index (χ1n) is 17.0. The van der Waals surface area contributed by atoms with Gasteiger partial charge in [-0.25, -0.2) is 0 Å². The molecule has 3 radical (unpaired) electrons. The first-order valence-corrected chi connectivity index (χ1v) is 19.2. The molecule has 8 aromatic rings. The molecule has 0 spiro atoms. The van der Waals surface area contributed by atoms with E-state index in [1.54, 1.807) is 49.6 Å². The number of nitrogens with zero attached hydrogens (tertiary/aromatic N) is 12. The third-order valence-corrected chi connectivity index (χ3v) is 6.11. The van der Waals surface area contributed by atoms with E-state index < -0.39 is 0 Å². The average Bonchev–Trinajstić information content (AvgIpc) is 3.28. The van der Waals surface area contributed by atoms with Crippen LogP contribution in [0.5, 0.6) is 0 Å². The molecule has 0 aromatic carbocycles. The Bertz CT molecular complexity index is 1670. The van der Waals surface area contributed by atoms with E-state index in [0.29, 0.717) is 46.5 Å². The molecular formula is C42H36Cl6Co3N12. The van der Waals surface area contributed by atoms with Gasteiger partial charge in [-0.15, -0.1) is 46.4 Å². The van der Waals surface area contributed by atoms with Crippen LogP contribution < -0.4 is 24.8 Å². The summed E-state index contributed by atoms with van der Waals surface area (Å²) in [5.41, 5.74) is 0. The Morgan fingerprint density at radius 3 is 0.444 bits per heavy atom. The molecule has 0 unspecified atom stereocenters. The van der Waals surface area contributed by atoms with Gasteiger partial charge in [0, 0.05) is 46.5 Å². The fourth-order valence-corrected chi connectivity index (χ4v) is 3.83. The molecule has 0 aliphatic rings. The van der Waals surface area contributed by atoms with Crippen molar-refractivity contribution in [1.82, 2.24) is 39.9 Å². The van der Waals surface area contributed by atoms with E-state index in [1.807, 2.05) is 146 Å². The van der Waals surface area contributed by atoms with Gasteiger partial charge in [0.2, 0.25) is 0 Å². The number of halogens is 6. The van der Waals surface area contributed by atoms with Crippen molar-refractivity contribution in [2.75, 3.05) is 10.7 Å². The molecule has 63 heavy (non-hydrogen) atoms. The van der Waals surface area contributed by atoms with Crippen molar-refractivity contribution in [1.29, 1.82) is 0 Å². The molecule has 333 valence electrons. The summed E-state index contributed by atoms with van der Waals surface area (Å²) in [5, 5.41) is 17.3. The normalized spacial score (nSPS) is 8.44. The molecule has 21 heteroatoms. The molecule has 0 N–H and O–H groups in total. The van der Waals surface area contributed by atoms with Gasteiger partial charge in [0.25, 0.3) is 0 Å². The molecule has 0 amide bonds. The Balaban J connectivity index is -0.000000712. The summed E-state index contributed by atoms with van der Waals surface area (Å²) in [6.45, 7) is 0. The number of rotatable bonds is 8. The zero-order valence-electron chi connectivity index (χ0n) is 32.5. The Hall–Kier alpha value is -4.34. The Labute approximate surface area is 431 Å². The van der Waals surface area contributed by atoms with E-state index in [0.717, 1.165) is 0 Å². The molecule has 8 aromatic heterocycles. The second kappa shape index (κ2) is 42.9. The quantitative estimate of drug-likeness (QED) is 0.138. The number of aromatic nitrogens is 8. The molecule has 0 atom stereocenters. The van der Waals surface area contributed by atoms with Crippen LogP contribution in [0.3, 0.4) is 0 Å². The van der Waals surface area contributed by atoms with Crippen molar-refractivity contribution >= 4 is 92.9 Å². The molecule has 0 fully saturated rings. The second-order valence-corrected chi connectivity index (χ2v) is 11.8. The fraction of sp³-hybridized carbons (Fsp3) is 0.0476. The largest absolute Gasteiger partial charge is 2.00 e. The monoisotopic (exact) mass is 1090 g/mol. The van der Waals surface area contributed by atoms with Gasteiger partial charge in [-0.3, -0.25) is 0 Å². The van der Waals surface area contributed by atoms with Gasteiger partial charge >= 0.3 is 50.3 Å². The van der Waals surface area contributed by atoms with Crippen LogP contribution in [-0.2, 0) is 50.3 Å². The van der Waals surface area contributed by atoms with Crippen LogP contribution in [0.2, 0.25) is 0 Å². The maximum atomic E-state index is 4.76. The predicted octanol–water partition coefficient (Wildman–Crippen LogP) is 8.10. The van der Waals surface area contributed by atoms with Crippen LogP contribution in [0.25, 0.3) is 21.3 Å². The van der Waals surface area contributed by atoms with Crippen LogP contribution in [-0.4, -0.2) is 50.6 Å². The van der Waals surface area contributed by atoms with Crippen molar-refractivity contribution in [2.24, 2.45) is 0 Å². The molecule has 12 nitrogen and oxygen atoms in total. The second-order valence-electron chi connectivity index (χ2n) is 10.2. The summed E-state index contributed by atoms with van der Waals surface area (Å²) in [7, 11) is 0. The van der Waals surface area contributed by atoms with Gasteiger partial charge in [-0.2, -0.15) is 0 Å². The minimum absolute atomic E-state index is 0. The van der Waals surface area contributed by atoms with Crippen LogP contribution in [0.4, 0.5) is 46.5 Å². The van der Waals surface area contributed by atoms with Gasteiger partial charge in [0.15, 0.2) is 0 Å². The summed E-state index contributed by atoms with van der Waals surface area (Å²) in [5.74, 6) is 5.45. The van der Waals surface area contributed by atoms with Gasteiger partial charge in [0.05, 0.1) is 10.7 Å². The molecule has 0 saturated carbocycles. The zero-order valence-corrected chi connectivity index (χ0v) is 40.2. The van der Waals surface area contributed by atoms with Gasteiger partial charge in [-0.1, -0.05) is 97.1 Å². The third-order valence-electron chi connectivity index (χ3n) is 6.11. The third kappa shape index (κ3) is 31.2. The maximum Gasteiger partial charge on any atom is 2.00 e. The van der Waals surface area contributed by atoms with Crippen LogP contribution in [0.15, 0.2) is 195 Å². The molecule has 0 saturated heterocycles. The number of hydrogen-bond acceptors (Lipinski definition) is 8. The van der Waals surface area contributed by atoms with E-state index in [-0.39, 0.29) is 85.8 Å². The van der Waals surface area contributed by atoms with E-state index in [9.17, 15) is 0 Å². The van der Waals surface area contributed by atoms with E-state index in [2.05, 4.69) is 61.1 Å². The molecule has 0 aliphatic heterocycles. The zero-order chi connectivity index (χ0) is 41.1. The van der Waals surface area contributed by atoms with Gasteiger partial charge in [-0.05, 0) is 98.1 Å². The molecule has 0 bridgehead atoms. The van der Waals surface area contributed by atoms with Crippen molar-refractivity contribution in [2.45, 2.75) is 0 Å². The van der Waals surface area contributed by atoms with Crippen LogP contribution >= 0.6 is 46.4 Å². The molecular weight excluding hydrogens is 1060 g/mol. The summed E-state index contributed by atoms with van der Waals surface area (Å²) >= 11 is 19.1. The van der Waals surface area contributed by atoms with E-state index in [4.69, 9.17) is 46.4 Å². The Morgan fingerprint density at radius 1 is 0.254 bits per heavy atom. The predicted molar refractivity (Wildman–Crippen MR) is 238 cm³/mol. The average molecular weight is 1100 g/mol. The SMILES string of the molecule is ClCCl.ClCCl.[Cl-].[Cl-].[Co+2].[Co+2].[Co+2].c1ccc([N-]c2ccccn2)nc1.c1ccc([N-]c2ccccn2)nc1.c1ccc([N-]c2ccccn2)nc1.c1ccc([N-]c2ccccn2)nc1. The smallest absolute Gasteiger partial charge is 1.00 e. The fourth-order valence-electron chi connectivity index (χ4n) is 3.83. The maximum absolute atomic E-state index is 4.76. The number of pyridine rings is 8. The summed E-state index contributed by atoms with van der Waals surface area (Å²) < 4.78 is 0. The van der Waals surface area contributed by atoms with Crippen LogP contribution in [0.1, 0.15) is 0 Å². The standard InChI is InChI=1S/4C10H8N3.2CH2Cl2.2ClH.3Co/c4*1-3-7-11-9(5-1)13-10-6-2-4-8-12-10;2*2-1-3;;;;;/h4*1-8H;2*1H2;2*1H;;;/q4*-1;;;;;3*+2/p-2. The topological polar surface area (TPSA) is 160 Å². The van der Waals surface area contributed by atoms with Crippen molar-refractivity contribution in [3.8, 4) is 0 Å². The first kappa shape index (κ1) is 63.0. The van der Waals surface area contributed by atoms with E-state index in [1.165, 1.54) is 0 Å². The van der Waals surface area contributed by atoms with Gasteiger partial charge in [0.1, 0.15) is 0 Å². The summed E-state index contributed by atoms with van der Waals surface area (Å²) in [6.07, 6.45) is 13.7.